The third kappa shape index (κ3) is 2.69. The van der Waals surface area contributed by atoms with Crippen LogP contribution < -0.4 is 0 Å². The maximum atomic E-state index is 3.58. The topological polar surface area (TPSA) is 0 Å². The van der Waals surface area contributed by atoms with Crippen molar-refractivity contribution in [3.05, 3.63) is 58.1 Å². The second-order valence-electron chi connectivity index (χ2n) is 3.80. The summed E-state index contributed by atoms with van der Waals surface area (Å²) in [5, 5.41) is 0. The number of hydrogen-bond donors (Lipinski definition) is 0. The standard InChI is InChI=1S/C14H13BrS/c1-10-7-8-11(2)14(9-10)16-13-6-4-3-5-12(13)15/h3-9H,1-2H3. The molecule has 2 heteroatoms. The van der Waals surface area contributed by atoms with Gasteiger partial charge in [0.2, 0.25) is 0 Å². The van der Waals surface area contributed by atoms with Gasteiger partial charge in [0.25, 0.3) is 0 Å². The Morgan fingerprint density at radius 3 is 2.44 bits per heavy atom. The van der Waals surface area contributed by atoms with Gasteiger partial charge in [0.15, 0.2) is 0 Å². The largest absolute Gasteiger partial charge is 0.0886 e. The maximum Gasteiger partial charge on any atom is 0.0314 e. The molecule has 0 atom stereocenters. The molecule has 0 aliphatic rings. The van der Waals surface area contributed by atoms with Gasteiger partial charge in [0.1, 0.15) is 0 Å². The Balaban J connectivity index is 2.34. The fraction of sp³-hybridized carbons (Fsp3) is 0.143. The summed E-state index contributed by atoms with van der Waals surface area (Å²) in [4.78, 5) is 2.59. The van der Waals surface area contributed by atoms with E-state index in [0.29, 0.717) is 0 Å². The Morgan fingerprint density at radius 1 is 0.938 bits per heavy atom. The molecule has 0 nitrogen and oxygen atoms in total. The predicted octanol–water partition coefficient (Wildman–Crippen LogP) is 5.22. The van der Waals surface area contributed by atoms with Gasteiger partial charge in [-0.3, -0.25) is 0 Å². The molecule has 0 saturated heterocycles. The van der Waals surface area contributed by atoms with Gasteiger partial charge >= 0.3 is 0 Å². The van der Waals surface area contributed by atoms with E-state index in [1.807, 2.05) is 17.8 Å². The first kappa shape index (κ1) is 11.7. The molecule has 0 aromatic heterocycles. The quantitative estimate of drug-likeness (QED) is 0.731. The molecule has 0 spiro atoms. The molecule has 0 radical (unpaired) electrons. The van der Waals surface area contributed by atoms with Crippen molar-refractivity contribution < 1.29 is 0 Å². The molecule has 0 aliphatic carbocycles. The minimum atomic E-state index is 1.15. The molecule has 0 saturated carbocycles. The summed E-state index contributed by atoms with van der Waals surface area (Å²) in [6, 6.07) is 14.9. The molecule has 2 rings (SSSR count). The van der Waals surface area contributed by atoms with Gasteiger partial charge in [-0.25, -0.2) is 0 Å². The molecule has 0 aliphatic heterocycles. The lowest BCUT2D eigenvalue weighted by Gasteiger charge is -2.08. The van der Waals surface area contributed by atoms with Crippen LogP contribution in [-0.4, -0.2) is 0 Å². The Hall–Kier alpha value is -0.730. The highest BCUT2D eigenvalue weighted by Gasteiger charge is 2.04. The van der Waals surface area contributed by atoms with Crippen LogP contribution in [0.25, 0.3) is 0 Å². The van der Waals surface area contributed by atoms with Crippen LogP contribution in [0.1, 0.15) is 11.1 Å². The normalized spacial score (nSPS) is 10.4. The SMILES string of the molecule is Cc1ccc(C)c(Sc2ccccc2Br)c1. The van der Waals surface area contributed by atoms with Crippen molar-refractivity contribution in [3.63, 3.8) is 0 Å². The fourth-order valence-electron chi connectivity index (χ4n) is 1.46. The van der Waals surface area contributed by atoms with Crippen molar-refractivity contribution in [3.8, 4) is 0 Å². The van der Waals surface area contributed by atoms with Gasteiger partial charge < -0.3 is 0 Å². The minimum Gasteiger partial charge on any atom is -0.0886 e. The number of benzene rings is 2. The Bertz CT molecular complexity index is 506. The van der Waals surface area contributed by atoms with E-state index in [0.717, 1.165) is 4.47 Å². The third-order valence-electron chi connectivity index (χ3n) is 2.40. The zero-order valence-electron chi connectivity index (χ0n) is 9.33. The van der Waals surface area contributed by atoms with Gasteiger partial charge in [0.05, 0.1) is 0 Å². The monoisotopic (exact) mass is 292 g/mol. The summed E-state index contributed by atoms with van der Waals surface area (Å²) in [5.74, 6) is 0. The van der Waals surface area contributed by atoms with Crippen LogP contribution in [0.3, 0.4) is 0 Å². The van der Waals surface area contributed by atoms with Crippen LogP contribution in [0.15, 0.2) is 56.7 Å². The van der Waals surface area contributed by atoms with Crippen molar-refractivity contribution >= 4 is 27.7 Å². The van der Waals surface area contributed by atoms with E-state index in [9.17, 15) is 0 Å². The lowest BCUT2D eigenvalue weighted by Crippen LogP contribution is -1.82. The first-order valence-electron chi connectivity index (χ1n) is 5.16. The highest BCUT2D eigenvalue weighted by Crippen LogP contribution is 2.35. The zero-order chi connectivity index (χ0) is 11.5. The Labute approximate surface area is 109 Å². The molecule has 0 N–H and O–H groups in total. The van der Waals surface area contributed by atoms with Gasteiger partial charge in [-0.1, -0.05) is 36.0 Å². The molecule has 2 aromatic carbocycles. The summed E-state index contributed by atoms with van der Waals surface area (Å²) < 4.78 is 1.15. The van der Waals surface area contributed by atoms with E-state index in [-0.39, 0.29) is 0 Å². The second-order valence-corrected chi connectivity index (χ2v) is 5.74. The van der Waals surface area contributed by atoms with Crippen molar-refractivity contribution in [1.29, 1.82) is 0 Å². The summed E-state index contributed by atoms with van der Waals surface area (Å²) in [6.07, 6.45) is 0. The molecule has 16 heavy (non-hydrogen) atoms. The van der Waals surface area contributed by atoms with Gasteiger partial charge in [-0.15, -0.1) is 0 Å². The van der Waals surface area contributed by atoms with E-state index in [4.69, 9.17) is 0 Å². The summed E-state index contributed by atoms with van der Waals surface area (Å²) in [7, 11) is 0. The highest BCUT2D eigenvalue weighted by atomic mass is 79.9. The maximum absolute atomic E-state index is 3.58. The average Bonchev–Trinajstić information content (AvgIpc) is 2.27. The lowest BCUT2D eigenvalue weighted by atomic mass is 10.2. The van der Waals surface area contributed by atoms with Crippen molar-refractivity contribution in [2.45, 2.75) is 23.6 Å². The van der Waals surface area contributed by atoms with Gasteiger partial charge in [-0.2, -0.15) is 0 Å². The fourth-order valence-corrected chi connectivity index (χ4v) is 3.01. The van der Waals surface area contributed by atoms with Crippen LogP contribution in [0.4, 0.5) is 0 Å². The van der Waals surface area contributed by atoms with E-state index in [2.05, 4.69) is 66.2 Å². The summed E-state index contributed by atoms with van der Waals surface area (Å²) >= 11 is 5.38. The zero-order valence-corrected chi connectivity index (χ0v) is 11.7. The number of halogens is 1. The lowest BCUT2D eigenvalue weighted by molar-refractivity contribution is 1.25. The Kier molecular flexibility index (Phi) is 3.72. The van der Waals surface area contributed by atoms with Crippen LogP contribution in [-0.2, 0) is 0 Å². The molecular formula is C14H13BrS. The van der Waals surface area contributed by atoms with E-state index >= 15 is 0 Å². The molecule has 0 unspecified atom stereocenters. The van der Waals surface area contributed by atoms with Crippen molar-refractivity contribution in [2.75, 3.05) is 0 Å². The highest BCUT2D eigenvalue weighted by molar-refractivity contribution is 9.10. The first-order valence-corrected chi connectivity index (χ1v) is 6.77. The first-order chi connectivity index (χ1) is 7.66. The van der Waals surface area contributed by atoms with E-state index < -0.39 is 0 Å². The predicted molar refractivity (Wildman–Crippen MR) is 74.2 cm³/mol. The van der Waals surface area contributed by atoms with Crippen LogP contribution >= 0.6 is 27.7 Å². The molecular weight excluding hydrogens is 280 g/mol. The molecule has 0 amide bonds. The molecule has 0 fully saturated rings. The second kappa shape index (κ2) is 5.07. The number of rotatable bonds is 2. The number of hydrogen-bond acceptors (Lipinski definition) is 1. The van der Waals surface area contributed by atoms with Crippen LogP contribution in [0, 0.1) is 13.8 Å². The summed E-state index contributed by atoms with van der Waals surface area (Å²) in [5.41, 5.74) is 2.63. The van der Waals surface area contributed by atoms with E-state index in [1.54, 1.807) is 0 Å². The average molecular weight is 293 g/mol. The Morgan fingerprint density at radius 2 is 1.69 bits per heavy atom. The van der Waals surface area contributed by atoms with E-state index in [1.165, 1.54) is 20.9 Å². The molecule has 0 bridgehead atoms. The smallest absolute Gasteiger partial charge is 0.0314 e. The van der Waals surface area contributed by atoms with Crippen LogP contribution in [0.2, 0.25) is 0 Å². The minimum absolute atomic E-state index is 1.15. The van der Waals surface area contributed by atoms with Crippen molar-refractivity contribution in [2.24, 2.45) is 0 Å². The molecule has 2 aromatic rings. The van der Waals surface area contributed by atoms with Gasteiger partial charge in [-0.05, 0) is 59.1 Å². The summed E-state index contributed by atoms with van der Waals surface area (Å²) in [6.45, 7) is 4.28. The molecule has 0 heterocycles. The third-order valence-corrected chi connectivity index (χ3v) is 4.59. The van der Waals surface area contributed by atoms with Crippen LogP contribution in [0.5, 0.6) is 0 Å². The molecule has 82 valence electrons. The van der Waals surface area contributed by atoms with Crippen molar-refractivity contribution in [1.82, 2.24) is 0 Å². The van der Waals surface area contributed by atoms with Gasteiger partial charge in [0, 0.05) is 14.3 Å². The number of aryl methyl sites for hydroxylation is 2.